The lowest BCUT2D eigenvalue weighted by Crippen LogP contribution is -2.41. The molecule has 0 saturated carbocycles. The van der Waals surface area contributed by atoms with Gasteiger partial charge in [0.2, 0.25) is 0 Å². The van der Waals surface area contributed by atoms with Crippen molar-refractivity contribution < 1.29 is 14.4 Å². The molecule has 1 aromatic heterocycles. The number of carbonyl (C=O) groups excluding carboxylic acids is 3. The Labute approximate surface area is 186 Å². The number of imide groups is 1. The van der Waals surface area contributed by atoms with Crippen LogP contribution in [0.4, 0.5) is 0 Å². The number of nitrogens with zero attached hydrogens (tertiary/aromatic N) is 2. The van der Waals surface area contributed by atoms with E-state index < -0.39 is 0 Å². The highest BCUT2D eigenvalue weighted by molar-refractivity contribution is 7.10. The van der Waals surface area contributed by atoms with E-state index in [-0.39, 0.29) is 35.9 Å². The van der Waals surface area contributed by atoms with E-state index in [4.69, 9.17) is 0 Å². The Morgan fingerprint density at radius 3 is 2.65 bits per heavy atom. The monoisotopic (exact) mass is 437 g/mol. The highest BCUT2D eigenvalue weighted by Crippen LogP contribution is 2.29. The maximum atomic E-state index is 12.9. The zero-order valence-corrected chi connectivity index (χ0v) is 18.5. The SMILES string of the molecule is C=CCN1C(=O)c2ccc(C(=O)NC[C@H](c3cccs3)N3CCC(C)CC3)cc2C1=O. The summed E-state index contributed by atoms with van der Waals surface area (Å²) in [5.41, 5.74) is 0.999. The van der Waals surface area contributed by atoms with Crippen LogP contribution in [-0.2, 0) is 0 Å². The van der Waals surface area contributed by atoms with Crippen LogP contribution < -0.4 is 5.32 Å². The van der Waals surface area contributed by atoms with Crippen LogP contribution in [0.1, 0.15) is 61.8 Å². The molecule has 3 heterocycles. The van der Waals surface area contributed by atoms with Gasteiger partial charge in [0.1, 0.15) is 0 Å². The van der Waals surface area contributed by atoms with E-state index in [1.807, 2.05) is 6.07 Å². The molecule has 1 saturated heterocycles. The zero-order chi connectivity index (χ0) is 22.0. The number of likely N-dealkylation sites (tertiary alicyclic amines) is 1. The highest BCUT2D eigenvalue weighted by Gasteiger charge is 2.35. The van der Waals surface area contributed by atoms with Crippen molar-refractivity contribution in [3.63, 3.8) is 0 Å². The molecule has 0 radical (unpaired) electrons. The third-order valence-electron chi connectivity index (χ3n) is 6.13. The fourth-order valence-corrected chi connectivity index (χ4v) is 5.11. The van der Waals surface area contributed by atoms with Gasteiger partial charge in [-0.2, -0.15) is 0 Å². The van der Waals surface area contributed by atoms with Crippen LogP contribution >= 0.6 is 11.3 Å². The number of piperidine rings is 1. The Morgan fingerprint density at radius 2 is 1.97 bits per heavy atom. The van der Waals surface area contributed by atoms with Crippen LogP contribution in [0.25, 0.3) is 0 Å². The van der Waals surface area contributed by atoms with Crippen LogP contribution in [0.3, 0.4) is 0 Å². The van der Waals surface area contributed by atoms with Gasteiger partial charge in [-0.1, -0.05) is 19.1 Å². The third-order valence-corrected chi connectivity index (χ3v) is 7.10. The van der Waals surface area contributed by atoms with Crippen LogP contribution in [0, 0.1) is 5.92 Å². The fourth-order valence-electron chi connectivity index (χ4n) is 4.25. The average Bonchev–Trinajstić information content (AvgIpc) is 3.39. The molecule has 31 heavy (non-hydrogen) atoms. The number of amides is 3. The predicted octanol–water partition coefficient (Wildman–Crippen LogP) is 3.73. The van der Waals surface area contributed by atoms with Gasteiger partial charge in [-0.25, -0.2) is 0 Å². The van der Waals surface area contributed by atoms with Crippen molar-refractivity contribution in [1.82, 2.24) is 15.1 Å². The number of fused-ring (bicyclic) bond motifs is 1. The van der Waals surface area contributed by atoms with Gasteiger partial charge >= 0.3 is 0 Å². The minimum Gasteiger partial charge on any atom is -0.350 e. The first-order valence-electron chi connectivity index (χ1n) is 10.7. The summed E-state index contributed by atoms with van der Waals surface area (Å²) in [6.45, 7) is 8.58. The molecular formula is C24H27N3O3S. The van der Waals surface area contributed by atoms with Gasteiger partial charge in [0.15, 0.2) is 0 Å². The molecule has 1 aromatic carbocycles. The van der Waals surface area contributed by atoms with E-state index in [0.717, 1.165) is 36.7 Å². The molecule has 4 rings (SSSR count). The van der Waals surface area contributed by atoms with E-state index in [0.29, 0.717) is 17.7 Å². The van der Waals surface area contributed by atoms with Crippen molar-refractivity contribution in [3.8, 4) is 0 Å². The summed E-state index contributed by atoms with van der Waals surface area (Å²) >= 11 is 1.71. The number of rotatable bonds is 7. The van der Waals surface area contributed by atoms with Gasteiger partial charge in [-0.15, -0.1) is 17.9 Å². The number of thiophene rings is 1. The van der Waals surface area contributed by atoms with Gasteiger partial charge in [-0.05, 0) is 61.5 Å². The molecule has 1 atom stereocenters. The molecule has 0 unspecified atom stereocenters. The first-order valence-corrected chi connectivity index (χ1v) is 11.5. The average molecular weight is 438 g/mol. The summed E-state index contributed by atoms with van der Waals surface area (Å²) in [4.78, 5) is 42.6. The number of hydrogen-bond donors (Lipinski definition) is 1. The molecule has 162 valence electrons. The summed E-state index contributed by atoms with van der Waals surface area (Å²) in [6.07, 6.45) is 3.84. The van der Waals surface area contributed by atoms with E-state index in [1.54, 1.807) is 23.5 Å². The molecule has 0 bridgehead atoms. The standard InChI is InChI=1S/C24H27N3O3S/c1-3-10-27-23(29)18-7-6-17(14-19(18)24(27)30)22(28)25-15-20(21-5-4-13-31-21)26-11-8-16(2)9-12-26/h3-7,13-14,16,20H,1,8-12,15H2,2H3,(H,25,28)/t20-/m1/s1. The topological polar surface area (TPSA) is 69.7 Å². The second-order valence-corrected chi connectivity index (χ2v) is 9.21. The van der Waals surface area contributed by atoms with Gasteiger partial charge < -0.3 is 5.32 Å². The van der Waals surface area contributed by atoms with Crippen molar-refractivity contribution in [3.05, 3.63) is 69.9 Å². The molecule has 0 spiro atoms. The Bertz CT molecular complexity index is 994. The van der Waals surface area contributed by atoms with Crippen LogP contribution in [-0.4, -0.2) is 53.7 Å². The predicted molar refractivity (Wildman–Crippen MR) is 121 cm³/mol. The van der Waals surface area contributed by atoms with Crippen molar-refractivity contribution >= 4 is 29.1 Å². The van der Waals surface area contributed by atoms with Crippen LogP contribution in [0.2, 0.25) is 0 Å². The molecular weight excluding hydrogens is 410 g/mol. The Hall–Kier alpha value is -2.77. The maximum absolute atomic E-state index is 12.9. The lowest BCUT2D eigenvalue weighted by molar-refractivity contribution is 0.0672. The summed E-state index contributed by atoms with van der Waals surface area (Å²) in [5, 5.41) is 5.11. The molecule has 7 heteroatoms. The molecule has 3 amide bonds. The largest absolute Gasteiger partial charge is 0.350 e. The molecule has 2 aromatic rings. The second-order valence-electron chi connectivity index (χ2n) is 8.23. The Kier molecular flexibility index (Phi) is 6.34. The van der Waals surface area contributed by atoms with Crippen LogP contribution in [0.15, 0.2) is 48.4 Å². The van der Waals surface area contributed by atoms with E-state index >= 15 is 0 Å². The van der Waals surface area contributed by atoms with Gasteiger partial charge in [0, 0.05) is 23.5 Å². The van der Waals surface area contributed by atoms with Crippen molar-refractivity contribution in [2.24, 2.45) is 5.92 Å². The number of nitrogens with one attached hydrogen (secondary N) is 1. The number of hydrogen-bond acceptors (Lipinski definition) is 5. The zero-order valence-electron chi connectivity index (χ0n) is 17.7. The maximum Gasteiger partial charge on any atom is 0.261 e. The molecule has 0 aliphatic carbocycles. The van der Waals surface area contributed by atoms with E-state index in [9.17, 15) is 14.4 Å². The molecule has 6 nitrogen and oxygen atoms in total. The molecule has 1 fully saturated rings. The summed E-state index contributed by atoms with van der Waals surface area (Å²) in [7, 11) is 0. The first-order chi connectivity index (χ1) is 15.0. The fraction of sp³-hybridized carbons (Fsp3) is 0.375. The first kappa shape index (κ1) is 21.5. The minimum absolute atomic E-state index is 0.136. The molecule has 1 N–H and O–H groups in total. The quantitative estimate of drug-likeness (QED) is 0.529. The van der Waals surface area contributed by atoms with Gasteiger partial charge in [0.25, 0.3) is 17.7 Å². The second kappa shape index (κ2) is 9.16. The summed E-state index contributed by atoms with van der Waals surface area (Å²) < 4.78 is 0. The Balaban J connectivity index is 1.47. The van der Waals surface area contributed by atoms with Gasteiger partial charge in [-0.3, -0.25) is 24.2 Å². The van der Waals surface area contributed by atoms with Crippen molar-refractivity contribution in [1.29, 1.82) is 0 Å². The lowest BCUT2D eigenvalue weighted by atomic mass is 9.97. The third kappa shape index (κ3) is 4.34. The van der Waals surface area contributed by atoms with Gasteiger partial charge in [0.05, 0.1) is 17.2 Å². The van der Waals surface area contributed by atoms with E-state index in [2.05, 4.69) is 35.2 Å². The van der Waals surface area contributed by atoms with E-state index in [1.165, 1.54) is 17.0 Å². The summed E-state index contributed by atoms with van der Waals surface area (Å²) in [5.74, 6) is -0.225. The Morgan fingerprint density at radius 1 is 1.23 bits per heavy atom. The van der Waals surface area contributed by atoms with Crippen molar-refractivity contribution in [2.45, 2.75) is 25.8 Å². The van der Waals surface area contributed by atoms with Crippen molar-refractivity contribution in [2.75, 3.05) is 26.2 Å². The molecule has 2 aliphatic heterocycles. The highest BCUT2D eigenvalue weighted by atomic mass is 32.1. The number of carbonyl (C=O) groups is 3. The minimum atomic E-state index is -0.381. The van der Waals surface area contributed by atoms with Crippen LogP contribution in [0.5, 0.6) is 0 Å². The number of benzene rings is 1. The normalized spacial score (nSPS) is 18.2. The smallest absolute Gasteiger partial charge is 0.261 e. The molecule has 2 aliphatic rings. The summed E-state index contributed by atoms with van der Waals surface area (Å²) in [6, 6.07) is 9.00. The lowest BCUT2D eigenvalue weighted by Gasteiger charge is -2.36.